The zero-order valence-corrected chi connectivity index (χ0v) is 62.7. The standard InChI is InChI=1S/C18H22ClNO3.C17H21N5O9S2.C15H14Cl2F3N3O3.C14H13F3N2O4S/c1-3-4-5-7-13(2)23-17(21)12-22-16-10-9-15(19)14-8-6-11-20-18(14)16;1-29-13-8-14(30-2)20-16(19-13)21-17(24)22-33(27,28)12-7-10(9-18-32(4,25)26)5-6-11(12)15(23)31-3;1-3-26-13(24)10(17)4-8-5-12(11(18)6-9(8)16)23-15(25)22(14(19)20)7(2)21-23;1-7-11(13(21)19(2)18-7)12(20)9-5-4-8(14(15,16)17)6-10(9)24(3,22)23/h6,8-11,13H,3-5,7,12H2,1-2H3;5-8,18H,9H2,1-4H3,(H2,19,20,21,22,24);5-6,10,14H,3-4H2,1-2H3;4-6,18H,1-3H3. The number of nitrogens with one attached hydrogen (secondary N) is 4. The summed E-state index contributed by atoms with van der Waals surface area (Å²) in [6.07, 6.45) is 2.58. The molecule has 30 nitrogen and oxygen atoms in total. The van der Waals surface area contributed by atoms with Crippen LogP contribution in [0.4, 0.5) is 37.1 Å². The van der Waals surface area contributed by atoms with Gasteiger partial charge in [-0.25, -0.2) is 62.8 Å². The van der Waals surface area contributed by atoms with Crippen molar-refractivity contribution in [3.8, 4) is 23.2 Å². The van der Waals surface area contributed by atoms with Crippen LogP contribution in [0.15, 0.2) is 104 Å². The number of carbonyl (C=O) groups excluding carboxylic acids is 5. The van der Waals surface area contributed by atoms with E-state index in [1.165, 1.54) is 47.2 Å². The molecule has 0 fully saturated rings. The van der Waals surface area contributed by atoms with Crippen molar-refractivity contribution in [2.45, 2.75) is 107 Å². The number of aromatic nitrogens is 8. The van der Waals surface area contributed by atoms with Crippen LogP contribution in [-0.4, -0.2) is 153 Å². The molecule has 4 N–H and O–H groups in total. The van der Waals surface area contributed by atoms with Crippen LogP contribution in [0.1, 0.15) is 107 Å². The van der Waals surface area contributed by atoms with Crippen molar-refractivity contribution >= 4 is 111 Å². The van der Waals surface area contributed by atoms with E-state index in [1.54, 1.807) is 30.0 Å². The predicted molar refractivity (Wildman–Crippen MR) is 373 cm³/mol. The van der Waals surface area contributed by atoms with Crippen molar-refractivity contribution in [1.82, 2.24) is 48.5 Å². The van der Waals surface area contributed by atoms with E-state index in [0.29, 0.717) is 39.4 Å². The first-order valence-electron chi connectivity index (χ1n) is 30.8. The fourth-order valence-electron chi connectivity index (χ4n) is 9.28. The van der Waals surface area contributed by atoms with E-state index in [1.807, 2.05) is 19.1 Å². The van der Waals surface area contributed by atoms with Gasteiger partial charge in [0, 0.05) is 54.1 Å². The quantitative estimate of drug-likeness (QED) is 0.00978. The number of urea groups is 1. The average molecular weight is 1610 g/mol. The third kappa shape index (κ3) is 24.2. The van der Waals surface area contributed by atoms with Gasteiger partial charge in [-0.3, -0.25) is 34.5 Å². The van der Waals surface area contributed by atoms with Gasteiger partial charge in [0.05, 0.1) is 67.4 Å². The van der Waals surface area contributed by atoms with Crippen molar-refractivity contribution in [3.63, 3.8) is 0 Å². The number of halogens is 9. The largest absolute Gasteiger partial charge is 0.481 e. The predicted octanol–water partition coefficient (Wildman–Crippen LogP) is 9.54. The molecule has 8 rings (SSSR count). The lowest BCUT2D eigenvalue weighted by Crippen LogP contribution is -2.35. The van der Waals surface area contributed by atoms with Crippen LogP contribution in [0.25, 0.3) is 16.6 Å². The number of esters is 3. The summed E-state index contributed by atoms with van der Waals surface area (Å²) < 4.78 is 186. The Labute approximate surface area is 617 Å². The van der Waals surface area contributed by atoms with E-state index in [2.05, 4.69) is 46.8 Å². The Kier molecular flexibility index (Phi) is 31.2. The highest BCUT2D eigenvalue weighted by Gasteiger charge is 2.35. The number of sulfone groups is 1. The molecular formula is C64H70Cl3F6N11O19S3. The van der Waals surface area contributed by atoms with Crippen LogP contribution < -0.4 is 40.2 Å². The van der Waals surface area contributed by atoms with E-state index in [-0.39, 0.29) is 105 Å². The smallest absolute Gasteiger partial charge is 0.416 e. The summed E-state index contributed by atoms with van der Waals surface area (Å²) in [4.78, 5) is 95.1. The number of ether oxygens (including phenoxy) is 6. The van der Waals surface area contributed by atoms with Crippen molar-refractivity contribution in [2.75, 3.05) is 52.4 Å². The monoisotopic (exact) mass is 1610 g/mol. The summed E-state index contributed by atoms with van der Waals surface area (Å²) in [5.74, 6) is -3.94. The molecule has 576 valence electrons. The summed E-state index contributed by atoms with van der Waals surface area (Å²) >= 11 is 18.0. The van der Waals surface area contributed by atoms with Crippen molar-refractivity contribution < 1.29 is 104 Å². The number of nitrogens with zero attached hydrogens (tertiary/aromatic N) is 7. The second kappa shape index (κ2) is 38.0. The molecule has 2 amide bonds. The molecule has 4 aromatic heterocycles. The molecule has 0 saturated heterocycles. The number of anilines is 1. The maximum Gasteiger partial charge on any atom is 0.416 e. The van der Waals surface area contributed by atoms with Gasteiger partial charge in [-0.15, -0.1) is 16.7 Å². The van der Waals surface area contributed by atoms with Gasteiger partial charge in [-0.2, -0.15) is 36.6 Å². The number of pyridine rings is 1. The number of alkyl halides is 6. The molecule has 2 atom stereocenters. The molecule has 8 aromatic rings. The molecule has 0 aliphatic heterocycles. The number of carbonyl (C=O) groups is 5. The van der Waals surface area contributed by atoms with E-state index >= 15 is 0 Å². The number of fused-ring (bicyclic) bond motifs is 1. The molecule has 106 heavy (non-hydrogen) atoms. The van der Waals surface area contributed by atoms with E-state index < -0.39 is 110 Å². The molecule has 0 radical (unpaired) electrons. The number of H-pyrrole nitrogens is 1. The number of amides is 2. The number of rotatable bonds is 26. The highest BCUT2D eigenvalue weighted by Crippen LogP contribution is 2.34. The SMILES string of the molecule is CCCCCC(C)OC(=O)COc1ccc(Cl)c2cccnc12.CCOC(=O)C(Cl)Cc1cc(-n2nc(C)n(C(F)F)c2=O)c(F)cc1Cl.COC(=O)c1ccc(CNS(C)(=O)=O)cc1S(=O)(=O)NC(=O)Nc1nc(OC)cc(OC)n1.Cc1[nH]n(C)c(=O)c1C(=O)c1ccc(C(F)(F)F)cc1S(C)(=O)=O. The van der Waals surface area contributed by atoms with Gasteiger partial charge in [0.15, 0.2) is 22.3 Å². The highest BCUT2D eigenvalue weighted by molar-refractivity contribution is 7.91. The number of unbranched alkanes of at least 4 members (excludes halogenated alkanes) is 2. The first-order chi connectivity index (χ1) is 49.5. The molecule has 0 saturated carbocycles. The third-order valence-electron chi connectivity index (χ3n) is 14.3. The van der Waals surface area contributed by atoms with Gasteiger partial charge in [0.2, 0.25) is 33.5 Å². The lowest BCUT2D eigenvalue weighted by Gasteiger charge is -2.14. The summed E-state index contributed by atoms with van der Waals surface area (Å²) in [6, 6.07) is 14.5. The Morgan fingerprint density at radius 2 is 1.46 bits per heavy atom. The lowest BCUT2D eigenvalue weighted by atomic mass is 10.0. The maximum absolute atomic E-state index is 14.2. The topological polar surface area (TPSA) is 396 Å². The van der Waals surface area contributed by atoms with Crippen LogP contribution in [0.2, 0.25) is 10.0 Å². The van der Waals surface area contributed by atoms with Gasteiger partial charge in [-0.1, -0.05) is 49.0 Å². The Morgan fingerprint density at radius 1 is 0.811 bits per heavy atom. The number of methoxy groups -OCH3 is 3. The fourth-order valence-corrected chi connectivity index (χ4v) is 12.4. The van der Waals surface area contributed by atoms with Gasteiger partial charge in [-0.05, 0) is 118 Å². The number of hydrogen-bond donors (Lipinski definition) is 4. The van der Waals surface area contributed by atoms with Crippen LogP contribution in [0.5, 0.6) is 17.5 Å². The van der Waals surface area contributed by atoms with Crippen LogP contribution in [0.3, 0.4) is 0 Å². The molecule has 0 bridgehead atoms. The van der Waals surface area contributed by atoms with E-state index in [0.717, 1.165) is 79.4 Å². The van der Waals surface area contributed by atoms with Crippen LogP contribution >= 0.6 is 34.8 Å². The lowest BCUT2D eigenvalue weighted by molar-refractivity contribution is -0.151. The molecule has 2 unspecified atom stereocenters. The molecular weight excluding hydrogens is 1540 g/mol. The van der Waals surface area contributed by atoms with Crippen molar-refractivity contribution in [2.24, 2.45) is 7.05 Å². The van der Waals surface area contributed by atoms with E-state index in [4.69, 9.17) is 58.5 Å². The number of hydrogen-bond acceptors (Lipinski definition) is 23. The van der Waals surface area contributed by atoms with Gasteiger partial charge >= 0.3 is 42.4 Å². The molecule has 42 heteroatoms. The second-order valence-corrected chi connectivity index (χ2v) is 29.1. The number of aromatic amines is 1. The number of ketones is 1. The first-order valence-corrected chi connectivity index (χ1v) is 37.3. The summed E-state index contributed by atoms with van der Waals surface area (Å²) in [5, 5.41) is 8.62. The summed E-state index contributed by atoms with van der Waals surface area (Å²) in [5.41, 5.74) is -3.40. The molecule has 0 spiro atoms. The Bertz CT molecular complexity index is 5000. The maximum atomic E-state index is 14.2. The number of aryl methyl sites for hydroxylation is 3. The van der Waals surface area contributed by atoms with Gasteiger partial charge < -0.3 is 28.4 Å². The molecule has 4 aromatic carbocycles. The van der Waals surface area contributed by atoms with E-state index in [9.17, 15) is 85.2 Å². The summed E-state index contributed by atoms with van der Waals surface area (Å²) in [7, 11) is -7.30. The minimum absolute atomic E-state index is 0.0408. The fraction of sp³-hybridized carbons (Fsp3) is 0.359. The Balaban J connectivity index is 0.000000256. The van der Waals surface area contributed by atoms with Gasteiger partial charge in [0.1, 0.15) is 38.6 Å². The van der Waals surface area contributed by atoms with Crippen molar-refractivity contribution in [1.29, 1.82) is 0 Å². The van der Waals surface area contributed by atoms with Gasteiger partial charge in [0.25, 0.3) is 15.6 Å². The Hall–Kier alpha value is -9.67. The third-order valence-corrected chi connectivity index (χ3v) is 18.5. The molecule has 4 heterocycles. The normalized spacial score (nSPS) is 12.0. The Morgan fingerprint density at radius 3 is 2.02 bits per heavy atom. The number of benzene rings is 4. The van der Waals surface area contributed by atoms with Crippen LogP contribution in [-0.2, 0) is 79.9 Å². The minimum atomic E-state index is -4.76. The van der Waals surface area contributed by atoms with Crippen molar-refractivity contribution in [3.05, 3.63) is 167 Å². The highest BCUT2D eigenvalue weighted by atomic mass is 35.5. The van der Waals surface area contributed by atoms with Crippen LogP contribution in [0, 0.1) is 19.7 Å². The molecule has 0 aliphatic carbocycles. The first kappa shape index (κ1) is 87.0. The molecule has 0 aliphatic rings. The number of sulfonamides is 2. The minimum Gasteiger partial charge on any atom is -0.481 e. The second-order valence-electron chi connectivity index (χ2n) is 22.3. The summed E-state index contributed by atoms with van der Waals surface area (Å²) in [6.45, 7) is 4.90. The average Bonchev–Trinajstić information content (AvgIpc) is 1.36. The zero-order valence-electron chi connectivity index (χ0n) is 58.0. The zero-order chi connectivity index (χ0) is 79.5.